The van der Waals surface area contributed by atoms with Gasteiger partial charge >= 0.3 is 0 Å². The molecule has 20 heavy (non-hydrogen) atoms. The van der Waals surface area contributed by atoms with Crippen LogP contribution in [0.4, 0.5) is 5.69 Å². The number of nitrogens with zero attached hydrogens (tertiary/aromatic N) is 1. The Morgan fingerprint density at radius 1 is 1.05 bits per heavy atom. The molecule has 4 heteroatoms. The molecule has 0 heterocycles. The highest BCUT2D eigenvalue weighted by Gasteiger charge is 2.06. The number of rotatable bonds is 6. The molecule has 0 fully saturated rings. The number of non-ortho nitro benzene ring substituents is 1. The first kappa shape index (κ1) is 14.2. The Kier molecular flexibility index (Phi) is 4.85. The van der Waals surface area contributed by atoms with E-state index in [2.05, 4.69) is 0 Å². The predicted molar refractivity (Wildman–Crippen MR) is 79.4 cm³/mol. The lowest BCUT2D eigenvalue weighted by atomic mass is 10.00. The molecule has 0 saturated carbocycles. The van der Waals surface area contributed by atoms with E-state index in [1.54, 1.807) is 12.1 Å². The Hall–Kier alpha value is -2.20. The number of aryl methyl sites for hydroxylation is 1. The van der Waals surface area contributed by atoms with Crippen molar-refractivity contribution in [2.75, 3.05) is 0 Å². The second-order valence-electron chi connectivity index (χ2n) is 4.83. The molecule has 0 spiro atoms. The number of nitro benzene ring substituents is 1. The van der Waals surface area contributed by atoms with E-state index < -0.39 is 0 Å². The first-order chi connectivity index (χ1) is 9.66. The average Bonchev–Trinajstić information content (AvgIpc) is 2.48. The van der Waals surface area contributed by atoms with E-state index in [0.717, 1.165) is 30.4 Å². The van der Waals surface area contributed by atoms with Gasteiger partial charge in [-0.15, -0.1) is 0 Å². The van der Waals surface area contributed by atoms with Crippen LogP contribution in [0, 0.1) is 10.1 Å². The molecule has 104 valence electrons. The van der Waals surface area contributed by atoms with Crippen LogP contribution in [-0.4, -0.2) is 4.92 Å². The highest BCUT2D eigenvalue weighted by Crippen LogP contribution is 2.18. The van der Waals surface area contributed by atoms with Gasteiger partial charge in [0.15, 0.2) is 0 Å². The van der Waals surface area contributed by atoms with Crippen LogP contribution in [0.25, 0.3) is 0 Å². The van der Waals surface area contributed by atoms with Gasteiger partial charge in [-0.05, 0) is 30.4 Å². The summed E-state index contributed by atoms with van der Waals surface area (Å²) in [6.45, 7) is 0. The maximum atomic E-state index is 10.6. The standard InChI is InChI=1S/C16H18N2O2/c17-16(14-6-2-1-3-7-14)8-4-5-13-9-11-15(12-10-13)18(19)20/h1-3,6-7,9-12,16H,4-5,8,17H2. The van der Waals surface area contributed by atoms with Crippen LogP contribution in [0.2, 0.25) is 0 Å². The highest BCUT2D eigenvalue weighted by atomic mass is 16.6. The topological polar surface area (TPSA) is 69.2 Å². The molecule has 0 bridgehead atoms. The summed E-state index contributed by atoms with van der Waals surface area (Å²) in [6.07, 6.45) is 2.76. The van der Waals surface area contributed by atoms with Crippen LogP contribution in [0.15, 0.2) is 54.6 Å². The van der Waals surface area contributed by atoms with Crippen LogP contribution in [0.5, 0.6) is 0 Å². The minimum absolute atomic E-state index is 0.0502. The molecule has 2 N–H and O–H groups in total. The van der Waals surface area contributed by atoms with E-state index in [1.165, 1.54) is 0 Å². The van der Waals surface area contributed by atoms with Crippen molar-refractivity contribution in [3.8, 4) is 0 Å². The molecule has 0 saturated heterocycles. The number of nitro groups is 1. The van der Waals surface area contributed by atoms with Gasteiger partial charge in [-0.3, -0.25) is 10.1 Å². The molecule has 1 atom stereocenters. The van der Waals surface area contributed by atoms with Crippen LogP contribution in [0.1, 0.15) is 30.0 Å². The molecule has 0 radical (unpaired) electrons. The molecule has 2 rings (SSSR count). The Morgan fingerprint density at radius 3 is 2.30 bits per heavy atom. The van der Waals surface area contributed by atoms with Gasteiger partial charge in [0.1, 0.15) is 0 Å². The normalized spacial score (nSPS) is 12.1. The minimum Gasteiger partial charge on any atom is -0.324 e. The van der Waals surface area contributed by atoms with E-state index in [1.807, 2.05) is 42.5 Å². The average molecular weight is 270 g/mol. The molecule has 0 aromatic heterocycles. The minimum atomic E-state index is -0.380. The second kappa shape index (κ2) is 6.82. The van der Waals surface area contributed by atoms with Crippen molar-refractivity contribution in [3.05, 3.63) is 75.8 Å². The zero-order chi connectivity index (χ0) is 14.4. The third-order valence-corrected chi connectivity index (χ3v) is 3.36. The molecule has 0 aliphatic heterocycles. The van der Waals surface area contributed by atoms with Gasteiger partial charge in [-0.25, -0.2) is 0 Å². The van der Waals surface area contributed by atoms with E-state index in [9.17, 15) is 10.1 Å². The number of nitrogens with two attached hydrogens (primary N) is 1. The molecule has 4 nitrogen and oxygen atoms in total. The summed E-state index contributed by atoms with van der Waals surface area (Å²) >= 11 is 0. The van der Waals surface area contributed by atoms with Gasteiger partial charge in [-0.1, -0.05) is 42.5 Å². The van der Waals surface area contributed by atoms with Crippen molar-refractivity contribution in [3.63, 3.8) is 0 Å². The largest absolute Gasteiger partial charge is 0.324 e. The lowest BCUT2D eigenvalue weighted by Crippen LogP contribution is -2.10. The van der Waals surface area contributed by atoms with E-state index in [-0.39, 0.29) is 16.7 Å². The molecule has 0 aliphatic rings. The molecular formula is C16H18N2O2. The van der Waals surface area contributed by atoms with Crippen molar-refractivity contribution in [2.24, 2.45) is 5.73 Å². The van der Waals surface area contributed by atoms with E-state index in [0.29, 0.717) is 0 Å². The van der Waals surface area contributed by atoms with Crippen molar-refractivity contribution in [1.29, 1.82) is 0 Å². The lowest BCUT2D eigenvalue weighted by Gasteiger charge is -2.11. The Labute approximate surface area is 118 Å². The van der Waals surface area contributed by atoms with Crippen LogP contribution < -0.4 is 5.73 Å². The number of hydrogen-bond donors (Lipinski definition) is 1. The first-order valence-corrected chi connectivity index (χ1v) is 6.70. The smallest absolute Gasteiger partial charge is 0.269 e. The molecule has 2 aromatic rings. The maximum absolute atomic E-state index is 10.6. The quantitative estimate of drug-likeness (QED) is 0.643. The van der Waals surface area contributed by atoms with Gasteiger partial charge < -0.3 is 5.73 Å². The highest BCUT2D eigenvalue weighted by molar-refractivity contribution is 5.32. The summed E-state index contributed by atoms with van der Waals surface area (Å²) in [6, 6.07) is 16.8. The van der Waals surface area contributed by atoms with Crippen LogP contribution in [0.3, 0.4) is 0 Å². The number of hydrogen-bond acceptors (Lipinski definition) is 3. The van der Waals surface area contributed by atoms with Crippen LogP contribution >= 0.6 is 0 Å². The second-order valence-corrected chi connectivity index (χ2v) is 4.83. The summed E-state index contributed by atoms with van der Waals surface area (Å²) in [4.78, 5) is 10.2. The summed E-state index contributed by atoms with van der Waals surface area (Å²) in [5.74, 6) is 0. The zero-order valence-electron chi connectivity index (χ0n) is 11.2. The molecule has 2 aromatic carbocycles. The van der Waals surface area contributed by atoms with Gasteiger partial charge in [0.25, 0.3) is 5.69 Å². The molecule has 0 amide bonds. The summed E-state index contributed by atoms with van der Waals surface area (Å²) in [7, 11) is 0. The SMILES string of the molecule is NC(CCCc1ccc([N+](=O)[O-])cc1)c1ccccc1. The predicted octanol–water partition coefficient (Wildman–Crippen LogP) is 3.62. The van der Waals surface area contributed by atoms with Crippen molar-refractivity contribution < 1.29 is 4.92 Å². The third kappa shape index (κ3) is 3.90. The summed E-state index contributed by atoms with van der Waals surface area (Å²) < 4.78 is 0. The van der Waals surface area contributed by atoms with E-state index >= 15 is 0 Å². The lowest BCUT2D eigenvalue weighted by molar-refractivity contribution is -0.384. The Morgan fingerprint density at radius 2 is 1.70 bits per heavy atom. The van der Waals surface area contributed by atoms with Crippen molar-refractivity contribution in [2.45, 2.75) is 25.3 Å². The van der Waals surface area contributed by atoms with Gasteiger partial charge in [-0.2, -0.15) is 0 Å². The number of benzene rings is 2. The molecular weight excluding hydrogens is 252 g/mol. The van der Waals surface area contributed by atoms with Crippen LogP contribution in [-0.2, 0) is 6.42 Å². The molecule has 0 aliphatic carbocycles. The fourth-order valence-electron chi connectivity index (χ4n) is 2.18. The summed E-state index contributed by atoms with van der Waals surface area (Å²) in [5, 5.41) is 10.6. The first-order valence-electron chi connectivity index (χ1n) is 6.70. The van der Waals surface area contributed by atoms with Crippen molar-refractivity contribution >= 4 is 5.69 Å². The fourth-order valence-corrected chi connectivity index (χ4v) is 2.18. The maximum Gasteiger partial charge on any atom is 0.269 e. The van der Waals surface area contributed by atoms with Gasteiger partial charge in [0.05, 0.1) is 4.92 Å². The Bertz CT molecular complexity index is 552. The zero-order valence-corrected chi connectivity index (χ0v) is 11.2. The van der Waals surface area contributed by atoms with E-state index in [4.69, 9.17) is 5.73 Å². The third-order valence-electron chi connectivity index (χ3n) is 3.36. The van der Waals surface area contributed by atoms with Gasteiger partial charge in [0.2, 0.25) is 0 Å². The molecule has 1 unspecified atom stereocenters. The van der Waals surface area contributed by atoms with Crippen molar-refractivity contribution in [1.82, 2.24) is 0 Å². The monoisotopic (exact) mass is 270 g/mol. The fraction of sp³-hybridized carbons (Fsp3) is 0.250. The van der Waals surface area contributed by atoms with Gasteiger partial charge in [0, 0.05) is 18.2 Å². The Balaban J connectivity index is 1.82. The summed E-state index contributed by atoms with van der Waals surface area (Å²) in [5.41, 5.74) is 8.52.